The quantitative estimate of drug-likeness (QED) is 0.676. The van der Waals surface area contributed by atoms with Crippen molar-refractivity contribution in [1.29, 1.82) is 0 Å². The molecule has 1 aromatic rings. The van der Waals surface area contributed by atoms with E-state index in [4.69, 9.17) is 5.11 Å². The highest BCUT2D eigenvalue weighted by molar-refractivity contribution is 5.95. The minimum absolute atomic E-state index is 0.127. The Morgan fingerprint density at radius 1 is 1.41 bits per heavy atom. The van der Waals surface area contributed by atoms with Crippen molar-refractivity contribution in [2.75, 3.05) is 20.1 Å². The number of hydrogen-bond donors (Lipinski definition) is 3. The van der Waals surface area contributed by atoms with Gasteiger partial charge in [0.05, 0.1) is 6.10 Å². The topological polar surface area (TPSA) is 61.4 Å². The van der Waals surface area contributed by atoms with Crippen molar-refractivity contribution >= 4 is 5.91 Å². The minimum atomic E-state index is -0.525. The molecule has 0 unspecified atom stereocenters. The van der Waals surface area contributed by atoms with Gasteiger partial charge in [-0.25, -0.2) is 0 Å². The zero-order valence-electron chi connectivity index (χ0n) is 10.4. The van der Waals surface area contributed by atoms with E-state index in [1.165, 1.54) is 0 Å². The van der Waals surface area contributed by atoms with Gasteiger partial charge in [-0.05, 0) is 38.6 Å². The largest absolute Gasteiger partial charge is 0.392 e. The smallest absolute Gasteiger partial charge is 0.251 e. The Morgan fingerprint density at radius 3 is 2.76 bits per heavy atom. The molecule has 0 aliphatic carbocycles. The summed E-state index contributed by atoms with van der Waals surface area (Å²) in [7, 11) is 1.89. The molecule has 0 bridgehead atoms. The minimum Gasteiger partial charge on any atom is -0.392 e. The van der Waals surface area contributed by atoms with E-state index in [2.05, 4.69) is 10.6 Å². The second-order valence-corrected chi connectivity index (χ2v) is 4.07. The zero-order chi connectivity index (χ0) is 12.7. The van der Waals surface area contributed by atoms with Crippen molar-refractivity contribution in [2.45, 2.75) is 19.4 Å². The van der Waals surface area contributed by atoms with Crippen LogP contribution in [0, 0.1) is 0 Å². The first-order chi connectivity index (χ1) is 8.15. The Labute approximate surface area is 102 Å². The molecule has 17 heavy (non-hydrogen) atoms. The van der Waals surface area contributed by atoms with Crippen molar-refractivity contribution in [3.05, 3.63) is 35.4 Å². The normalized spacial score (nSPS) is 12.2. The van der Waals surface area contributed by atoms with E-state index in [9.17, 15) is 4.79 Å². The van der Waals surface area contributed by atoms with Crippen LogP contribution in [-0.4, -0.2) is 37.3 Å². The lowest BCUT2D eigenvalue weighted by molar-refractivity contribution is 0.0923. The molecule has 94 valence electrons. The molecule has 4 nitrogen and oxygen atoms in total. The van der Waals surface area contributed by atoms with Gasteiger partial charge in [0.25, 0.3) is 5.91 Å². The van der Waals surface area contributed by atoms with Crippen molar-refractivity contribution in [3.63, 3.8) is 0 Å². The van der Waals surface area contributed by atoms with Crippen LogP contribution in [0.3, 0.4) is 0 Å². The molecule has 1 rings (SSSR count). The highest BCUT2D eigenvalue weighted by Gasteiger charge is 2.10. The molecule has 1 aromatic carbocycles. The second kappa shape index (κ2) is 7.04. The number of benzene rings is 1. The van der Waals surface area contributed by atoms with E-state index >= 15 is 0 Å². The van der Waals surface area contributed by atoms with E-state index in [0.29, 0.717) is 5.56 Å². The van der Waals surface area contributed by atoms with Gasteiger partial charge in [0, 0.05) is 12.1 Å². The third kappa shape index (κ3) is 4.54. The summed E-state index contributed by atoms with van der Waals surface area (Å²) in [4.78, 5) is 11.9. The molecular weight excluding hydrogens is 216 g/mol. The molecular formula is C13H20N2O2. The predicted molar refractivity (Wildman–Crippen MR) is 68.1 cm³/mol. The predicted octanol–water partition coefficient (Wildman–Crippen LogP) is 0.559. The number of aliphatic hydroxyl groups is 1. The summed E-state index contributed by atoms with van der Waals surface area (Å²) in [5.41, 5.74) is 1.70. The van der Waals surface area contributed by atoms with Crippen molar-refractivity contribution < 1.29 is 9.90 Å². The maximum absolute atomic E-state index is 11.9. The highest BCUT2D eigenvalue weighted by Crippen LogP contribution is 2.09. The summed E-state index contributed by atoms with van der Waals surface area (Å²) in [6, 6.07) is 7.54. The van der Waals surface area contributed by atoms with Crippen LogP contribution in [0.4, 0.5) is 0 Å². The summed E-state index contributed by atoms with van der Waals surface area (Å²) < 4.78 is 0. The zero-order valence-corrected chi connectivity index (χ0v) is 10.4. The molecule has 0 radical (unpaired) electrons. The molecule has 0 heterocycles. The SMILES string of the molecule is CNCCc1ccccc1C(=O)NC[C@H](C)O. The summed E-state index contributed by atoms with van der Waals surface area (Å²) >= 11 is 0. The Kier molecular flexibility index (Phi) is 5.66. The van der Waals surface area contributed by atoms with Gasteiger partial charge in [-0.15, -0.1) is 0 Å². The second-order valence-electron chi connectivity index (χ2n) is 4.07. The Balaban J connectivity index is 2.70. The molecule has 4 heteroatoms. The highest BCUT2D eigenvalue weighted by atomic mass is 16.3. The van der Waals surface area contributed by atoms with Crippen molar-refractivity contribution in [3.8, 4) is 0 Å². The molecule has 1 atom stereocenters. The number of carbonyl (C=O) groups excluding carboxylic acids is 1. The van der Waals surface area contributed by atoms with Crippen LogP contribution in [0.15, 0.2) is 24.3 Å². The van der Waals surface area contributed by atoms with Gasteiger partial charge in [0.2, 0.25) is 0 Å². The van der Waals surface area contributed by atoms with Gasteiger partial charge >= 0.3 is 0 Å². The maximum atomic E-state index is 11.9. The van der Waals surface area contributed by atoms with Gasteiger partial charge < -0.3 is 15.7 Å². The van der Waals surface area contributed by atoms with E-state index in [1.54, 1.807) is 6.92 Å². The molecule has 0 aliphatic rings. The number of carbonyl (C=O) groups is 1. The summed E-state index contributed by atoms with van der Waals surface area (Å²) in [5, 5.41) is 14.9. The third-order valence-electron chi connectivity index (χ3n) is 2.46. The van der Waals surface area contributed by atoms with Crippen LogP contribution in [0.2, 0.25) is 0 Å². The average molecular weight is 236 g/mol. The fourth-order valence-corrected chi connectivity index (χ4v) is 1.56. The Morgan fingerprint density at radius 2 is 2.12 bits per heavy atom. The summed E-state index contributed by atoms with van der Waals surface area (Å²) in [6.45, 7) is 2.76. The Bertz CT molecular complexity index is 364. The van der Waals surface area contributed by atoms with Gasteiger partial charge in [0.1, 0.15) is 0 Å². The fourth-order valence-electron chi connectivity index (χ4n) is 1.56. The van der Waals surface area contributed by atoms with Gasteiger partial charge in [-0.2, -0.15) is 0 Å². The number of aliphatic hydroxyl groups excluding tert-OH is 1. The number of hydrogen-bond acceptors (Lipinski definition) is 3. The number of rotatable bonds is 6. The number of amides is 1. The first-order valence-corrected chi connectivity index (χ1v) is 5.84. The maximum Gasteiger partial charge on any atom is 0.251 e. The van der Waals surface area contributed by atoms with Crippen LogP contribution < -0.4 is 10.6 Å². The molecule has 0 fully saturated rings. The van der Waals surface area contributed by atoms with Crippen molar-refractivity contribution in [1.82, 2.24) is 10.6 Å². The molecule has 0 aromatic heterocycles. The van der Waals surface area contributed by atoms with Gasteiger partial charge in [-0.3, -0.25) is 4.79 Å². The van der Waals surface area contributed by atoms with E-state index in [-0.39, 0.29) is 12.5 Å². The van der Waals surface area contributed by atoms with Gasteiger partial charge in [0.15, 0.2) is 0 Å². The van der Waals surface area contributed by atoms with Crippen LogP contribution in [-0.2, 0) is 6.42 Å². The van der Waals surface area contributed by atoms with E-state index in [0.717, 1.165) is 18.5 Å². The molecule has 1 amide bonds. The Hall–Kier alpha value is -1.39. The molecule has 3 N–H and O–H groups in total. The first-order valence-electron chi connectivity index (χ1n) is 5.84. The average Bonchev–Trinajstić information content (AvgIpc) is 2.33. The molecule has 0 saturated heterocycles. The number of nitrogens with one attached hydrogen (secondary N) is 2. The fraction of sp³-hybridized carbons (Fsp3) is 0.462. The van der Waals surface area contributed by atoms with Gasteiger partial charge in [-0.1, -0.05) is 18.2 Å². The lowest BCUT2D eigenvalue weighted by Crippen LogP contribution is -2.31. The summed E-state index contributed by atoms with van der Waals surface area (Å²) in [6.07, 6.45) is 0.290. The van der Waals surface area contributed by atoms with Crippen LogP contribution >= 0.6 is 0 Å². The molecule has 0 aliphatic heterocycles. The van der Waals surface area contributed by atoms with E-state index < -0.39 is 6.10 Å². The number of likely N-dealkylation sites (N-methyl/N-ethyl adjacent to an activating group) is 1. The van der Waals surface area contributed by atoms with E-state index in [1.807, 2.05) is 31.3 Å². The molecule has 0 spiro atoms. The monoisotopic (exact) mass is 236 g/mol. The van der Waals surface area contributed by atoms with Crippen LogP contribution in [0.25, 0.3) is 0 Å². The first kappa shape index (κ1) is 13.7. The van der Waals surface area contributed by atoms with Crippen LogP contribution in [0.1, 0.15) is 22.8 Å². The lowest BCUT2D eigenvalue weighted by atomic mass is 10.0. The van der Waals surface area contributed by atoms with Crippen LogP contribution in [0.5, 0.6) is 0 Å². The lowest BCUT2D eigenvalue weighted by Gasteiger charge is -2.11. The third-order valence-corrected chi connectivity index (χ3v) is 2.46. The molecule has 0 saturated carbocycles. The van der Waals surface area contributed by atoms with Crippen molar-refractivity contribution in [2.24, 2.45) is 0 Å². The summed E-state index contributed by atoms with van der Waals surface area (Å²) in [5.74, 6) is -0.127. The standard InChI is InChI=1S/C13H20N2O2/c1-10(16)9-15-13(17)12-6-4-3-5-11(12)7-8-14-2/h3-6,10,14,16H,7-9H2,1-2H3,(H,15,17)/t10-/m0/s1.